The van der Waals surface area contributed by atoms with Crippen molar-refractivity contribution in [3.8, 4) is 0 Å². The van der Waals surface area contributed by atoms with Crippen LogP contribution in [0.3, 0.4) is 0 Å². The third-order valence-electron chi connectivity index (χ3n) is 5.62. The highest BCUT2D eigenvalue weighted by Gasteiger charge is 2.48. The summed E-state index contributed by atoms with van der Waals surface area (Å²) in [5, 5.41) is -0.655. The van der Waals surface area contributed by atoms with Crippen molar-refractivity contribution >= 4 is 37.2 Å². The zero-order valence-electron chi connectivity index (χ0n) is 16.0. The van der Waals surface area contributed by atoms with E-state index in [2.05, 4.69) is 0 Å². The van der Waals surface area contributed by atoms with E-state index in [1.165, 1.54) is 30.5 Å². The topological polar surface area (TPSA) is 105 Å². The van der Waals surface area contributed by atoms with Gasteiger partial charge < -0.3 is 9.32 Å². The highest BCUT2D eigenvalue weighted by atomic mass is 35.5. The number of piperazine rings is 1. The van der Waals surface area contributed by atoms with Crippen molar-refractivity contribution in [1.29, 1.82) is 0 Å². The quantitative estimate of drug-likeness (QED) is 0.661. The van der Waals surface area contributed by atoms with E-state index in [1.807, 2.05) is 4.90 Å². The number of hydrogen-bond donors (Lipinski definition) is 0. The molecule has 3 heterocycles. The minimum atomic E-state index is -3.87. The highest BCUT2D eigenvalue weighted by Crippen LogP contribution is 2.30. The molecule has 1 aromatic carbocycles. The fourth-order valence-electron chi connectivity index (χ4n) is 4.05. The summed E-state index contributed by atoms with van der Waals surface area (Å²) in [6.07, 6.45) is 1.43. The lowest BCUT2D eigenvalue weighted by Crippen LogP contribution is -2.55. The van der Waals surface area contributed by atoms with Crippen LogP contribution in [-0.4, -0.2) is 81.5 Å². The molecule has 0 saturated carbocycles. The molecule has 2 aliphatic rings. The second kappa shape index (κ2) is 7.99. The number of rotatable bonds is 4. The first-order chi connectivity index (χ1) is 14.2. The van der Waals surface area contributed by atoms with E-state index < -0.39 is 36.7 Å². The number of benzene rings is 1. The molecule has 1 aromatic heterocycles. The van der Waals surface area contributed by atoms with Crippen LogP contribution in [0.5, 0.6) is 0 Å². The minimum absolute atomic E-state index is 0.0608. The highest BCUT2D eigenvalue weighted by molar-refractivity contribution is 7.96. The Morgan fingerprint density at radius 3 is 2.30 bits per heavy atom. The Morgan fingerprint density at radius 2 is 1.70 bits per heavy atom. The number of carbonyl (C=O) groups is 1. The molecule has 0 aliphatic carbocycles. The number of furan rings is 1. The van der Waals surface area contributed by atoms with Crippen LogP contribution in [-0.2, 0) is 19.7 Å². The van der Waals surface area contributed by atoms with Crippen LogP contribution >= 0.6 is 11.6 Å². The Labute approximate surface area is 180 Å². The smallest absolute Gasteiger partial charge is 0.289 e. The SMILES string of the molecule is O=C(c1ccco1)N1CCN([C@H]2CS(=O)(=O)C[C@@H]2S(=O)(=O)c2ccc(Cl)cc2)CC1. The molecule has 2 aromatic rings. The molecule has 2 atom stereocenters. The number of hydrogen-bond acceptors (Lipinski definition) is 7. The second-order valence-electron chi connectivity index (χ2n) is 7.49. The normalized spacial score (nSPS) is 24.8. The summed E-state index contributed by atoms with van der Waals surface area (Å²) in [7, 11) is -7.37. The van der Waals surface area contributed by atoms with E-state index in [4.69, 9.17) is 16.0 Å². The summed E-state index contributed by atoms with van der Waals surface area (Å²) in [5.74, 6) is -0.607. The molecule has 11 heteroatoms. The molecular formula is C19H21ClN2O6S2. The fourth-order valence-corrected chi connectivity index (χ4v) is 9.00. The molecule has 0 spiro atoms. The Kier molecular flexibility index (Phi) is 5.69. The van der Waals surface area contributed by atoms with Gasteiger partial charge in [0.25, 0.3) is 5.91 Å². The third-order valence-corrected chi connectivity index (χ3v) is 10.0. The van der Waals surface area contributed by atoms with Gasteiger partial charge in [0.05, 0.1) is 27.9 Å². The van der Waals surface area contributed by atoms with Crippen LogP contribution in [0.2, 0.25) is 5.02 Å². The van der Waals surface area contributed by atoms with Gasteiger partial charge in [-0.2, -0.15) is 0 Å². The van der Waals surface area contributed by atoms with Crippen molar-refractivity contribution < 1.29 is 26.0 Å². The molecule has 0 bridgehead atoms. The molecule has 2 aliphatic heterocycles. The van der Waals surface area contributed by atoms with Crippen molar-refractivity contribution in [2.24, 2.45) is 0 Å². The summed E-state index contributed by atoms with van der Waals surface area (Å²) in [6, 6.07) is 8.33. The van der Waals surface area contributed by atoms with Gasteiger partial charge in [0.2, 0.25) is 0 Å². The minimum Gasteiger partial charge on any atom is -0.459 e. The van der Waals surface area contributed by atoms with Gasteiger partial charge in [-0.05, 0) is 36.4 Å². The Bertz CT molecular complexity index is 1120. The molecule has 0 radical (unpaired) electrons. The summed E-state index contributed by atoms with van der Waals surface area (Å²) in [6.45, 7) is 1.51. The number of halogens is 1. The molecule has 8 nitrogen and oxygen atoms in total. The lowest BCUT2D eigenvalue weighted by Gasteiger charge is -2.39. The average Bonchev–Trinajstić information content (AvgIpc) is 3.36. The standard InChI is InChI=1S/C19H21ClN2O6S2/c20-14-3-5-15(6-4-14)30(26,27)18-13-29(24,25)12-16(18)21-7-9-22(10-8-21)19(23)17-2-1-11-28-17/h1-6,11,16,18H,7-10,12-13H2/t16-,18-/m0/s1. The van der Waals surface area contributed by atoms with E-state index in [9.17, 15) is 21.6 Å². The van der Waals surface area contributed by atoms with Gasteiger partial charge in [0.1, 0.15) is 0 Å². The van der Waals surface area contributed by atoms with Crippen molar-refractivity contribution in [3.05, 3.63) is 53.4 Å². The number of amides is 1. The van der Waals surface area contributed by atoms with Crippen LogP contribution in [0.1, 0.15) is 10.6 Å². The number of carbonyl (C=O) groups excluding carboxylic acids is 1. The molecule has 0 N–H and O–H groups in total. The predicted octanol–water partition coefficient (Wildman–Crippen LogP) is 1.33. The Hall–Kier alpha value is -1.88. The number of nitrogens with zero attached hydrogens (tertiary/aromatic N) is 2. The summed E-state index contributed by atoms with van der Waals surface area (Å²) in [5.41, 5.74) is 0. The molecule has 2 saturated heterocycles. The maximum Gasteiger partial charge on any atom is 0.289 e. The Balaban J connectivity index is 1.52. The van der Waals surface area contributed by atoms with Gasteiger partial charge in [-0.15, -0.1) is 0 Å². The average molecular weight is 473 g/mol. The molecule has 1 amide bonds. The molecule has 4 rings (SSSR count). The van der Waals surface area contributed by atoms with Gasteiger partial charge in [0, 0.05) is 37.2 Å². The van der Waals surface area contributed by atoms with Crippen molar-refractivity contribution in [1.82, 2.24) is 9.80 Å². The first kappa shape index (κ1) is 21.4. The Morgan fingerprint density at radius 1 is 1.03 bits per heavy atom. The van der Waals surface area contributed by atoms with Crippen LogP contribution < -0.4 is 0 Å². The van der Waals surface area contributed by atoms with Crippen LogP contribution in [0.4, 0.5) is 0 Å². The van der Waals surface area contributed by atoms with E-state index in [0.717, 1.165) is 0 Å². The van der Waals surface area contributed by atoms with E-state index in [0.29, 0.717) is 31.2 Å². The zero-order chi connectivity index (χ0) is 21.5. The lowest BCUT2D eigenvalue weighted by molar-refractivity contribution is 0.0560. The van der Waals surface area contributed by atoms with Gasteiger partial charge in [0.15, 0.2) is 25.4 Å². The van der Waals surface area contributed by atoms with E-state index in [-0.39, 0.29) is 22.3 Å². The zero-order valence-corrected chi connectivity index (χ0v) is 18.4. The van der Waals surface area contributed by atoms with Crippen molar-refractivity contribution in [3.63, 3.8) is 0 Å². The van der Waals surface area contributed by atoms with E-state index in [1.54, 1.807) is 17.0 Å². The monoisotopic (exact) mass is 472 g/mol. The van der Waals surface area contributed by atoms with Crippen LogP contribution in [0, 0.1) is 0 Å². The third kappa shape index (κ3) is 4.14. The molecule has 0 unspecified atom stereocenters. The maximum atomic E-state index is 13.2. The van der Waals surface area contributed by atoms with E-state index >= 15 is 0 Å². The van der Waals surface area contributed by atoms with Crippen molar-refractivity contribution in [2.45, 2.75) is 16.2 Å². The molecule has 2 fully saturated rings. The lowest BCUT2D eigenvalue weighted by atomic mass is 10.2. The predicted molar refractivity (Wildman–Crippen MR) is 111 cm³/mol. The largest absolute Gasteiger partial charge is 0.459 e. The van der Waals surface area contributed by atoms with Gasteiger partial charge in [-0.1, -0.05) is 11.6 Å². The fraction of sp³-hybridized carbons (Fsp3) is 0.421. The van der Waals surface area contributed by atoms with Gasteiger partial charge in [-0.25, -0.2) is 16.8 Å². The van der Waals surface area contributed by atoms with Gasteiger partial charge in [-0.3, -0.25) is 9.69 Å². The van der Waals surface area contributed by atoms with Gasteiger partial charge >= 0.3 is 0 Å². The van der Waals surface area contributed by atoms with Crippen LogP contribution in [0.25, 0.3) is 0 Å². The number of sulfone groups is 2. The molecule has 30 heavy (non-hydrogen) atoms. The second-order valence-corrected chi connectivity index (χ2v) is 12.2. The summed E-state index contributed by atoms with van der Waals surface area (Å²) in [4.78, 5) is 16.0. The van der Waals surface area contributed by atoms with Crippen molar-refractivity contribution in [2.75, 3.05) is 37.7 Å². The molecular weight excluding hydrogens is 452 g/mol. The maximum absolute atomic E-state index is 13.2. The molecule has 162 valence electrons. The van der Waals surface area contributed by atoms with Crippen LogP contribution in [0.15, 0.2) is 52.0 Å². The first-order valence-corrected chi connectivity index (χ1v) is 13.2. The first-order valence-electron chi connectivity index (χ1n) is 9.44. The summed E-state index contributed by atoms with van der Waals surface area (Å²) < 4.78 is 56.3. The summed E-state index contributed by atoms with van der Waals surface area (Å²) >= 11 is 5.86.